The maximum atomic E-state index is 11.3. The summed E-state index contributed by atoms with van der Waals surface area (Å²) < 4.78 is 22.7. The zero-order valence-corrected chi connectivity index (χ0v) is 12.6. The van der Waals surface area contributed by atoms with E-state index in [0.29, 0.717) is 11.7 Å². The molecule has 0 fully saturated rings. The van der Waals surface area contributed by atoms with Crippen molar-refractivity contribution in [2.75, 3.05) is 16.8 Å². The van der Waals surface area contributed by atoms with Crippen molar-refractivity contribution in [2.45, 2.75) is 40.5 Å². The third-order valence-corrected chi connectivity index (χ3v) is 6.41. The Bertz CT molecular complexity index is 272. The summed E-state index contributed by atoms with van der Waals surface area (Å²) >= 11 is 3.52. The molecule has 0 saturated heterocycles. The summed E-state index contributed by atoms with van der Waals surface area (Å²) in [5, 5.41) is 0.934. The highest BCUT2D eigenvalue weighted by Gasteiger charge is 2.27. The second-order valence-corrected chi connectivity index (χ2v) is 7.82. The Kier molecular flexibility index (Phi) is 6.41. The Labute approximate surface area is 103 Å². The lowest BCUT2D eigenvalue weighted by Crippen LogP contribution is -2.26. The van der Waals surface area contributed by atoms with Crippen LogP contribution in [0.1, 0.15) is 40.5 Å². The van der Waals surface area contributed by atoms with Gasteiger partial charge in [0.25, 0.3) is 0 Å². The third kappa shape index (κ3) is 5.34. The van der Waals surface area contributed by atoms with Crippen molar-refractivity contribution in [1.82, 2.24) is 0 Å². The number of hydrogen-bond acceptors (Lipinski definition) is 2. The minimum absolute atomic E-state index is 0.212. The molecule has 0 bridgehead atoms. The van der Waals surface area contributed by atoms with Crippen LogP contribution < -0.4 is 0 Å². The van der Waals surface area contributed by atoms with Crippen molar-refractivity contribution < 1.29 is 8.42 Å². The quantitative estimate of drug-likeness (QED) is 0.676. The van der Waals surface area contributed by atoms with Crippen LogP contribution in [0.2, 0.25) is 0 Å². The molecule has 1 unspecified atom stereocenters. The molecular formula is C11H23BrO2S. The van der Waals surface area contributed by atoms with Crippen LogP contribution in [0.25, 0.3) is 0 Å². The lowest BCUT2D eigenvalue weighted by atomic mass is 9.77. The molecule has 0 spiro atoms. The monoisotopic (exact) mass is 298 g/mol. The fraction of sp³-hybridized carbons (Fsp3) is 1.00. The topological polar surface area (TPSA) is 34.1 Å². The Morgan fingerprint density at radius 2 is 1.87 bits per heavy atom. The average Bonchev–Trinajstić information content (AvgIpc) is 2.17. The van der Waals surface area contributed by atoms with E-state index in [1.54, 1.807) is 6.92 Å². The molecule has 0 aliphatic heterocycles. The van der Waals surface area contributed by atoms with Crippen molar-refractivity contribution in [1.29, 1.82) is 0 Å². The smallest absolute Gasteiger partial charge is 0.150 e. The summed E-state index contributed by atoms with van der Waals surface area (Å²) in [6.45, 7) is 8.30. The molecule has 0 radical (unpaired) electrons. The van der Waals surface area contributed by atoms with E-state index in [0.717, 1.165) is 18.2 Å². The number of sulfone groups is 1. The minimum atomic E-state index is -2.79. The molecule has 15 heavy (non-hydrogen) atoms. The van der Waals surface area contributed by atoms with E-state index in [1.165, 1.54) is 0 Å². The standard InChI is InChI=1S/C11H23BrO2S/c1-5-15(13,14)8-6-7-11(4,9-12)10(2)3/h10H,5-9H2,1-4H3. The first-order chi connectivity index (χ1) is 6.77. The highest BCUT2D eigenvalue weighted by atomic mass is 79.9. The molecular weight excluding hydrogens is 276 g/mol. The summed E-state index contributed by atoms with van der Waals surface area (Å²) in [7, 11) is -2.79. The van der Waals surface area contributed by atoms with Crippen LogP contribution in [0, 0.1) is 11.3 Å². The molecule has 0 amide bonds. The Morgan fingerprint density at radius 1 is 1.33 bits per heavy atom. The predicted molar refractivity (Wildman–Crippen MR) is 70.3 cm³/mol. The summed E-state index contributed by atoms with van der Waals surface area (Å²) in [4.78, 5) is 0. The molecule has 0 aliphatic rings. The normalized spacial score (nSPS) is 16.7. The van der Waals surface area contributed by atoms with Gasteiger partial charge in [-0.1, -0.05) is 43.6 Å². The van der Waals surface area contributed by atoms with Crippen molar-refractivity contribution in [3.63, 3.8) is 0 Å². The van der Waals surface area contributed by atoms with Gasteiger partial charge in [-0.15, -0.1) is 0 Å². The van der Waals surface area contributed by atoms with Crippen molar-refractivity contribution >= 4 is 25.8 Å². The van der Waals surface area contributed by atoms with Crippen LogP contribution in [0.4, 0.5) is 0 Å². The van der Waals surface area contributed by atoms with E-state index in [2.05, 4.69) is 36.7 Å². The number of alkyl halides is 1. The Balaban J connectivity index is 4.15. The van der Waals surface area contributed by atoms with Crippen molar-refractivity contribution in [3.05, 3.63) is 0 Å². The van der Waals surface area contributed by atoms with Gasteiger partial charge < -0.3 is 0 Å². The van der Waals surface area contributed by atoms with Gasteiger partial charge in [0, 0.05) is 11.1 Å². The lowest BCUT2D eigenvalue weighted by Gasteiger charge is -2.31. The van der Waals surface area contributed by atoms with Gasteiger partial charge in [0.2, 0.25) is 0 Å². The highest BCUT2D eigenvalue weighted by Crippen LogP contribution is 2.34. The highest BCUT2D eigenvalue weighted by molar-refractivity contribution is 9.09. The number of rotatable bonds is 7. The fourth-order valence-corrected chi connectivity index (χ4v) is 3.15. The molecule has 0 aliphatic carbocycles. The molecule has 2 nitrogen and oxygen atoms in total. The molecule has 0 aromatic carbocycles. The van der Waals surface area contributed by atoms with Gasteiger partial charge in [0.15, 0.2) is 0 Å². The summed E-state index contributed by atoms with van der Waals surface area (Å²) in [6.07, 6.45) is 1.74. The second kappa shape index (κ2) is 6.24. The SMILES string of the molecule is CCS(=O)(=O)CCCC(C)(CBr)C(C)C. The second-order valence-electron chi connectivity index (χ2n) is 4.78. The average molecular weight is 299 g/mol. The van der Waals surface area contributed by atoms with Crippen LogP contribution in [-0.4, -0.2) is 25.3 Å². The fourth-order valence-electron chi connectivity index (χ4n) is 1.35. The van der Waals surface area contributed by atoms with Crippen LogP contribution in [0.5, 0.6) is 0 Å². The molecule has 4 heteroatoms. The number of hydrogen-bond donors (Lipinski definition) is 0. The van der Waals surface area contributed by atoms with Gasteiger partial charge in [-0.25, -0.2) is 8.42 Å². The zero-order valence-electron chi connectivity index (χ0n) is 10.2. The van der Waals surface area contributed by atoms with Gasteiger partial charge in [-0.05, 0) is 24.2 Å². The first-order valence-electron chi connectivity index (χ1n) is 5.54. The number of halogens is 1. The van der Waals surface area contributed by atoms with E-state index < -0.39 is 9.84 Å². The van der Waals surface area contributed by atoms with Gasteiger partial charge in [-0.3, -0.25) is 0 Å². The van der Waals surface area contributed by atoms with Crippen LogP contribution in [-0.2, 0) is 9.84 Å². The largest absolute Gasteiger partial charge is 0.229 e. The van der Waals surface area contributed by atoms with Gasteiger partial charge in [0.1, 0.15) is 9.84 Å². The molecule has 1 atom stereocenters. The predicted octanol–water partition coefficient (Wildman–Crippen LogP) is 3.26. The molecule has 92 valence electrons. The van der Waals surface area contributed by atoms with E-state index in [4.69, 9.17) is 0 Å². The molecule has 0 saturated carbocycles. The van der Waals surface area contributed by atoms with Gasteiger partial charge in [0.05, 0.1) is 5.75 Å². The zero-order chi connectivity index (χ0) is 12.1. The molecule has 0 heterocycles. The third-order valence-electron chi connectivity index (χ3n) is 3.34. The molecule has 0 aromatic heterocycles. The van der Waals surface area contributed by atoms with Crippen LogP contribution in [0.3, 0.4) is 0 Å². The van der Waals surface area contributed by atoms with Gasteiger partial charge in [-0.2, -0.15) is 0 Å². The summed E-state index contributed by atoms with van der Waals surface area (Å²) in [5.74, 6) is 1.17. The molecule has 0 rings (SSSR count). The Morgan fingerprint density at radius 3 is 2.20 bits per heavy atom. The summed E-state index contributed by atoms with van der Waals surface area (Å²) in [5.41, 5.74) is 0.212. The first kappa shape index (κ1) is 15.4. The van der Waals surface area contributed by atoms with Crippen molar-refractivity contribution in [2.24, 2.45) is 11.3 Å². The van der Waals surface area contributed by atoms with E-state index in [-0.39, 0.29) is 11.2 Å². The van der Waals surface area contributed by atoms with E-state index in [1.807, 2.05) is 0 Å². The Hall–Kier alpha value is 0.430. The summed E-state index contributed by atoms with van der Waals surface area (Å²) in [6, 6.07) is 0. The maximum absolute atomic E-state index is 11.3. The molecule has 0 aromatic rings. The molecule has 0 N–H and O–H groups in total. The van der Waals surface area contributed by atoms with E-state index in [9.17, 15) is 8.42 Å². The van der Waals surface area contributed by atoms with Crippen LogP contribution >= 0.6 is 15.9 Å². The van der Waals surface area contributed by atoms with Gasteiger partial charge >= 0.3 is 0 Å². The maximum Gasteiger partial charge on any atom is 0.150 e. The lowest BCUT2D eigenvalue weighted by molar-refractivity contribution is 0.237. The van der Waals surface area contributed by atoms with Crippen molar-refractivity contribution in [3.8, 4) is 0 Å². The first-order valence-corrected chi connectivity index (χ1v) is 8.48. The van der Waals surface area contributed by atoms with E-state index >= 15 is 0 Å². The van der Waals surface area contributed by atoms with Crippen LogP contribution in [0.15, 0.2) is 0 Å². The minimum Gasteiger partial charge on any atom is -0.229 e.